The molecule has 0 unspecified atom stereocenters. The Kier molecular flexibility index (Phi) is 5.31. The molecule has 2 aliphatic rings. The van der Waals surface area contributed by atoms with Crippen molar-refractivity contribution in [1.82, 2.24) is 0 Å². The van der Waals surface area contributed by atoms with Crippen molar-refractivity contribution in [2.24, 2.45) is 0 Å². The number of hydrogen-bond donors (Lipinski definition) is 2. The zero-order valence-corrected chi connectivity index (χ0v) is 14.2. The second-order valence-corrected chi connectivity index (χ2v) is 6.40. The number of aliphatic hydroxyl groups is 2. The Labute approximate surface area is 151 Å². The number of hydrogen-bond acceptors (Lipinski definition) is 6. The van der Waals surface area contributed by atoms with Crippen LogP contribution >= 0.6 is 0 Å². The maximum atomic E-state index is 9.74. The van der Waals surface area contributed by atoms with Crippen molar-refractivity contribution in [2.75, 3.05) is 13.2 Å². The highest BCUT2D eigenvalue weighted by Crippen LogP contribution is 2.40. The Morgan fingerprint density at radius 1 is 0.577 bits per heavy atom. The molecule has 6 atom stereocenters. The minimum atomic E-state index is -0.586. The fraction of sp³-hybridized carbons (Fsp3) is 0.400. The van der Waals surface area contributed by atoms with Crippen molar-refractivity contribution in [1.29, 1.82) is 0 Å². The maximum absolute atomic E-state index is 9.74. The predicted octanol–water partition coefficient (Wildman–Crippen LogP) is 1.94. The summed E-state index contributed by atoms with van der Waals surface area (Å²) in [7, 11) is 0. The van der Waals surface area contributed by atoms with Gasteiger partial charge in [0, 0.05) is 11.1 Å². The molecular formula is C20H22O6. The highest BCUT2D eigenvalue weighted by atomic mass is 16.8. The number of rotatable bonds is 5. The molecule has 4 rings (SSSR count). The third-order valence-corrected chi connectivity index (χ3v) is 4.72. The van der Waals surface area contributed by atoms with Gasteiger partial charge in [0.1, 0.15) is 24.4 Å². The van der Waals surface area contributed by atoms with Crippen molar-refractivity contribution in [3.05, 3.63) is 71.8 Å². The number of aliphatic hydroxyl groups excluding tert-OH is 2. The van der Waals surface area contributed by atoms with E-state index in [2.05, 4.69) is 0 Å². The molecule has 2 heterocycles. The van der Waals surface area contributed by atoms with Crippen LogP contribution in [0.25, 0.3) is 0 Å². The van der Waals surface area contributed by atoms with Gasteiger partial charge in [0.2, 0.25) is 0 Å². The van der Waals surface area contributed by atoms with Gasteiger partial charge in [-0.3, -0.25) is 0 Å². The molecule has 2 N–H and O–H groups in total. The summed E-state index contributed by atoms with van der Waals surface area (Å²) >= 11 is 0. The topological polar surface area (TPSA) is 77.4 Å². The molecule has 0 radical (unpaired) electrons. The van der Waals surface area contributed by atoms with Gasteiger partial charge in [-0.2, -0.15) is 0 Å². The smallest absolute Gasteiger partial charge is 0.184 e. The van der Waals surface area contributed by atoms with Gasteiger partial charge in [0.05, 0.1) is 13.2 Å². The van der Waals surface area contributed by atoms with Crippen molar-refractivity contribution < 1.29 is 29.2 Å². The van der Waals surface area contributed by atoms with E-state index in [1.807, 2.05) is 60.7 Å². The molecule has 2 aromatic rings. The Bertz CT molecular complexity index is 632. The van der Waals surface area contributed by atoms with Gasteiger partial charge in [-0.05, 0) is 0 Å². The fourth-order valence-corrected chi connectivity index (χ4v) is 3.40. The summed E-state index contributed by atoms with van der Waals surface area (Å²) < 4.78 is 23.8. The minimum Gasteiger partial charge on any atom is -0.394 e. The second kappa shape index (κ2) is 7.84. The fourth-order valence-electron chi connectivity index (χ4n) is 3.40. The molecule has 0 bridgehead atoms. The number of benzene rings is 2. The van der Waals surface area contributed by atoms with Gasteiger partial charge in [-0.1, -0.05) is 60.7 Å². The molecule has 26 heavy (non-hydrogen) atoms. The molecule has 0 aromatic heterocycles. The molecule has 138 valence electrons. The molecule has 6 heteroatoms. The van der Waals surface area contributed by atoms with Crippen molar-refractivity contribution in [3.63, 3.8) is 0 Å². The van der Waals surface area contributed by atoms with Crippen LogP contribution in [-0.4, -0.2) is 47.8 Å². The quantitative estimate of drug-likeness (QED) is 0.851. The van der Waals surface area contributed by atoms with E-state index in [4.69, 9.17) is 18.9 Å². The Hall–Kier alpha value is -1.80. The SMILES string of the molecule is OC[C@@H]1O[C@@H](c2ccccc2)O[C@@H]1[C@@H]1O[C@@H](c2ccccc2)O[C@@H]1CO. The first kappa shape index (κ1) is 17.6. The molecular weight excluding hydrogens is 336 g/mol. The van der Waals surface area contributed by atoms with Gasteiger partial charge in [-0.15, -0.1) is 0 Å². The van der Waals surface area contributed by atoms with E-state index in [9.17, 15) is 10.2 Å². The van der Waals surface area contributed by atoms with Crippen LogP contribution in [0.4, 0.5) is 0 Å². The molecule has 0 spiro atoms. The molecule has 2 aromatic carbocycles. The highest BCUT2D eigenvalue weighted by Gasteiger charge is 2.49. The zero-order valence-electron chi connectivity index (χ0n) is 14.2. The highest BCUT2D eigenvalue weighted by molar-refractivity contribution is 5.18. The van der Waals surface area contributed by atoms with Crippen LogP contribution in [0.2, 0.25) is 0 Å². The lowest BCUT2D eigenvalue weighted by atomic mass is 10.0. The Morgan fingerprint density at radius 3 is 1.31 bits per heavy atom. The van der Waals surface area contributed by atoms with Gasteiger partial charge < -0.3 is 29.2 Å². The maximum Gasteiger partial charge on any atom is 0.184 e. The summed E-state index contributed by atoms with van der Waals surface area (Å²) in [5, 5.41) is 19.5. The second-order valence-electron chi connectivity index (χ2n) is 6.40. The molecule has 2 aliphatic heterocycles. The van der Waals surface area contributed by atoms with Gasteiger partial charge >= 0.3 is 0 Å². The summed E-state index contributed by atoms with van der Waals surface area (Å²) in [6.45, 7) is -0.413. The van der Waals surface area contributed by atoms with Crippen molar-refractivity contribution in [3.8, 4) is 0 Å². The third-order valence-electron chi connectivity index (χ3n) is 4.72. The normalized spacial score (nSPS) is 34.2. The van der Waals surface area contributed by atoms with Crippen LogP contribution < -0.4 is 0 Å². The van der Waals surface area contributed by atoms with Crippen molar-refractivity contribution >= 4 is 0 Å². The summed E-state index contributed by atoms with van der Waals surface area (Å²) in [4.78, 5) is 0. The average Bonchev–Trinajstić information content (AvgIpc) is 3.33. The standard InChI is InChI=1S/C20H22O6/c21-11-15-17(25-19(23-15)13-7-3-1-4-8-13)18-16(12-22)24-20(26-18)14-9-5-2-6-10-14/h1-10,15-22H,11-12H2/t15-,16+,17-,18+,19+,20-. The van der Waals surface area contributed by atoms with Gasteiger partial charge in [-0.25, -0.2) is 0 Å². The molecule has 0 amide bonds. The lowest BCUT2D eigenvalue weighted by Crippen LogP contribution is -2.44. The van der Waals surface area contributed by atoms with Gasteiger partial charge in [0.15, 0.2) is 12.6 Å². The first-order chi connectivity index (χ1) is 12.8. The first-order valence-corrected chi connectivity index (χ1v) is 8.73. The molecule has 6 nitrogen and oxygen atoms in total. The first-order valence-electron chi connectivity index (χ1n) is 8.73. The van der Waals surface area contributed by atoms with Crippen LogP contribution in [0, 0.1) is 0 Å². The monoisotopic (exact) mass is 358 g/mol. The summed E-state index contributed by atoms with van der Waals surface area (Å²) in [6, 6.07) is 19.1. The molecule has 0 aliphatic carbocycles. The third kappa shape index (κ3) is 3.40. The van der Waals surface area contributed by atoms with E-state index in [1.54, 1.807) is 0 Å². The van der Waals surface area contributed by atoms with E-state index in [-0.39, 0.29) is 13.2 Å². The van der Waals surface area contributed by atoms with Gasteiger partial charge in [0.25, 0.3) is 0 Å². The molecule has 2 fully saturated rings. The molecule has 2 saturated heterocycles. The lowest BCUT2D eigenvalue weighted by Gasteiger charge is -2.23. The summed E-state index contributed by atoms with van der Waals surface area (Å²) in [5.74, 6) is 0. The van der Waals surface area contributed by atoms with E-state index in [0.717, 1.165) is 11.1 Å². The van der Waals surface area contributed by atoms with E-state index in [1.165, 1.54) is 0 Å². The summed E-state index contributed by atoms with van der Waals surface area (Å²) in [5.41, 5.74) is 1.74. The largest absolute Gasteiger partial charge is 0.394 e. The van der Waals surface area contributed by atoms with Crippen LogP contribution in [0.1, 0.15) is 23.7 Å². The summed E-state index contributed by atoms with van der Waals surface area (Å²) in [6.07, 6.45) is -3.38. The van der Waals surface area contributed by atoms with Crippen LogP contribution in [0.3, 0.4) is 0 Å². The van der Waals surface area contributed by atoms with Crippen LogP contribution in [-0.2, 0) is 18.9 Å². The van der Waals surface area contributed by atoms with Crippen LogP contribution in [0.15, 0.2) is 60.7 Å². The number of ether oxygens (including phenoxy) is 4. The van der Waals surface area contributed by atoms with Crippen LogP contribution in [0.5, 0.6) is 0 Å². The Balaban J connectivity index is 1.53. The average molecular weight is 358 g/mol. The zero-order chi connectivity index (χ0) is 17.9. The van der Waals surface area contributed by atoms with E-state index < -0.39 is 37.0 Å². The van der Waals surface area contributed by atoms with E-state index >= 15 is 0 Å². The van der Waals surface area contributed by atoms with E-state index in [0.29, 0.717) is 0 Å². The Morgan fingerprint density at radius 2 is 0.962 bits per heavy atom. The lowest BCUT2D eigenvalue weighted by molar-refractivity contribution is -0.107. The minimum absolute atomic E-state index is 0.206. The molecule has 0 saturated carbocycles. The predicted molar refractivity (Wildman–Crippen MR) is 92.0 cm³/mol. The van der Waals surface area contributed by atoms with Crippen molar-refractivity contribution in [2.45, 2.75) is 37.0 Å².